The first-order valence-corrected chi connectivity index (χ1v) is 13.1. The van der Waals surface area contributed by atoms with Crippen molar-refractivity contribution in [2.75, 3.05) is 0 Å². The molecule has 2 aromatic heterocycles. The van der Waals surface area contributed by atoms with Crippen LogP contribution in [0.2, 0.25) is 0 Å². The molecule has 0 bridgehead atoms. The summed E-state index contributed by atoms with van der Waals surface area (Å²) in [5.74, 6) is 0.328. The van der Waals surface area contributed by atoms with Crippen molar-refractivity contribution in [3.63, 3.8) is 0 Å². The van der Waals surface area contributed by atoms with Gasteiger partial charge in [-0.1, -0.05) is 57.9 Å². The van der Waals surface area contributed by atoms with E-state index in [2.05, 4.69) is 20.8 Å². The minimum atomic E-state index is -0.870. The number of benzene rings is 1. The lowest BCUT2D eigenvalue weighted by Crippen LogP contribution is -2.23. The average molecular weight is 509 g/mol. The highest BCUT2D eigenvalue weighted by molar-refractivity contribution is 5.80. The third-order valence-electron chi connectivity index (χ3n) is 6.86. The van der Waals surface area contributed by atoms with Gasteiger partial charge in [-0.05, 0) is 69.2 Å². The smallest absolute Gasteiger partial charge is 0.314 e. The number of hydrogen-bond acceptors (Lipinski definition) is 4. The maximum Gasteiger partial charge on any atom is 0.314 e. The number of carbonyl (C=O) groups is 2. The lowest BCUT2D eigenvalue weighted by molar-refractivity contribution is -0.147. The molecule has 0 aliphatic rings. The highest BCUT2D eigenvalue weighted by Crippen LogP contribution is 2.37. The molecule has 6 nitrogen and oxygen atoms in total. The molecule has 0 spiro atoms. The lowest BCUT2D eigenvalue weighted by atomic mass is 9.87. The zero-order valence-electron chi connectivity index (χ0n) is 22.7. The molecule has 0 saturated heterocycles. The minimum Gasteiger partial charge on any atom is -0.481 e. The van der Waals surface area contributed by atoms with Crippen LogP contribution in [0.3, 0.4) is 0 Å². The van der Waals surface area contributed by atoms with Crippen molar-refractivity contribution >= 4 is 11.9 Å². The van der Waals surface area contributed by atoms with Crippen LogP contribution in [0.5, 0.6) is 0 Å². The van der Waals surface area contributed by atoms with Gasteiger partial charge in [0.15, 0.2) is 0 Å². The summed E-state index contributed by atoms with van der Waals surface area (Å²) in [7, 11) is 0. The fourth-order valence-electron chi connectivity index (χ4n) is 4.45. The highest BCUT2D eigenvalue weighted by atomic mass is 16.4. The fourth-order valence-corrected chi connectivity index (χ4v) is 4.45. The third kappa shape index (κ3) is 7.85. The van der Waals surface area contributed by atoms with E-state index < -0.39 is 23.3 Å². The lowest BCUT2D eigenvalue weighted by Gasteiger charge is -2.18. The van der Waals surface area contributed by atoms with Crippen LogP contribution in [-0.4, -0.2) is 22.2 Å². The Morgan fingerprint density at radius 2 is 1.41 bits per heavy atom. The Morgan fingerprint density at radius 3 is 2.00 bits per heavy atom. The molecule has 0 aliphatic heterocycles. The number of unbranched alkanes of at least 4 members (excludes halogenated alkanes) is 1. The second kappa shape index (κ2) is 11.8. The van der Waals surface area contributed by atoms with Gasteiger partial charge in [-0.25, -0.2) is 0 Å². The zero-order chi connectivity index (χ0) is 27.2. The van der Waals surface area contributed by atoms with E-state index in [0.717, 1.165) is 54.8 Å². The molecular formula is C31H40O6. The van der Waals surface area contributed by atoms with Gasteiger partial charge in [-0.2, -0.15) is 0 Å². The van der Waals surface area contributed by atoms with E-state index in [-0.39, 0.29) is 5.41 Å². The summed E-state index contributed by atoms with van der Waals surface area (Å²) in [4.78, 5) is 23.3. The Morgan fingerprint density at radius 1 is 0.784 bits per heavy atom. The molecular weight excluding hydrogens is 468 g/mol. The monoisotopic (exact) mass is 508 g/mol. The van der Waals surface area contributed by atoms with Crippen LogP contribution in [0.1, 0.15) is 90.6 Å². The summed E-state index contributed by atoms with van der Waals surface area (Å²) in [6, 6.07) is 15.3. The van der Waals surface area contributed by atoms with Gasteiger partial charge in [0.25, 0.3) is 0 Å². The molecule has 3 rings (SSSR count). The van der Waals surface area contributed by atoms with E-state index >= 15 is 0 Å². The van der Waals surface area contributed by atoms with E-state index in [1.807, 2.05) is 42.5 Å². The number of aliphatic carboxylic acids is 2. The maximum absolute atomic E-state index is 12.0. The number of hydrogen-bond donors (Lipinski definition) is 2. The number of carboxylic acids is 2. The number of rotatable bonds is 13. The van der Waals surface area contributed by atoms with Gasteiger partial charge in [0, 0.05) is 17.5 Å². The SMILES string of the molecule is CC(C)(C)CCCC(C(=O)O)c1ccc(-c2ccccc2-c2ccc(CCCCC(C)(C)C(=O)O)o2)o1. The van der Waals surface area contributed by atoms with Gasteiger partial charge >= 0.3 is 11.9 Å². The second-order valence-corrected chi connectivity index (χ2v) is 11.8. The summed E-state index contributed by atoms with van der Waals surface area (Å²) in [6.45, 7) is 9.98. The first-order chi connectivity index (χ1) is 17.4. The van der Waals surface area contributed by atoms with E-state index in [1.165, 1.54) is 0 Å². The Balaban J connectivity index is 1.71. The molecule has 1 atom stereocenters. The summed E-state index contributed by atoms with van der Waals surface area (Å²) >= 11 is 0. The van der Waals surface area contributed by atoms with Crippen LogP contribution in [-0.2, 0) is 16.0 Å². The molecule has 1 unspecified atom stereocenters. The molecule has 3 aromatic rings. The largest absolute Gasteiger partial charge is 0.481 e. The summed E-state index contributed by atoms with van der Waals surface area (Å²) in [6.07, 6.45) is 5.30. The molecule has 0 amide bonds. The average Bonchev–Trinajstić information content (AvgIpc) is 3.49. The highest BCUT2D eigenvalue weighted by Gasteiger charge is 2.27. The van der Waals surface area contributed by atoms with Crippen molar-refractivity contribution in [2.45, 2.75) is 85.5 Å². The molecule has 0 fully saturated rings. The molecule has 6 heteroatoms. The predicted octanol–water partition coefficient (Wildman–Crippen LogP) is 8.41. The predicted molar refractivity (Wildman–Crippen MR) is 145 cm³/mol. The molecule has 2 heterocycles. The molecule has 1 aromatic carbocycles. The Labute approximate surface area is 219 Å². The molecule has 200 valence electrons. The van der Waals surface area contributed by atoms with Gasteiger partial charge in [-0.3, -0.25) is 9.59 Å². The van der Waals surface area contributed by atoms with Crippen molar-refractivity contribution in [1.29, 1.82) is 0 Å². The van der Waals surface area contributed by atoms with Crippen molar-refractivity contribution in [2.24, 2.45) is 10.8 Å². The first-order valence-electron chi connectivity index (χ1n) is 13.1. The molecule has 37 heavy (non-hydrogen) atoms. The van der Waals surface area contributed by atoms with E-state index in [1.54, 1.807) is 19.9 Å². The summed E-state index contributed by atoms with van der Waals surface area (Å²) in [5.41, 5.74) is 1.16. The van der Waals surface area contributed by atoms with Crippen molar-refractivity contribution in [1.82, 2.24) is 0 Å². The van der Waals surface area contributed by atoms with Crippen LogP contribution in [0.25, 0.3) is 22.6 Å². The number of aryl methyl sites for hydroxylation is 1. The molecule has 2 N–H and O–H groups in total. The quantitative estimate of drug-likeness (QED) is 0.225. The normalized spacial score (nSPS) is 13.0. The van der Waals surface area contributed by atoms with E-state index in [4.69, 9.17) is 8.83 Å². The Hall–Kier alpha value is -3.28. The summed E-state index contributed by atoms with van der Waals surface area (Å²) < 4.78 is 12.2. The second-order valence-electron chi connectivity index (χ2n) is 11.8. The summed E-state index contributed by atoms with van der Waals surface area (Å²) in [5, 5.41) is 19.1. The van der Waals surface area contributed by atoms with Crippen LogP contribution in [0, 0.1) is 10.8 Å². The Bertz CT molecular complexity index is 1190. The zero-order valence-corrected chi connectivity index (χ0v) is 22.7. The third-order valence-corrected chi connectivity index (χ3v) is 6.86. The maximum atomic E-state index is 12.0. The van der Waals surface area contributed by atoms with Crippen molar-refractivity contribution < 1.29 is 28.6 Å². The molecule has 0 aliphatic carbocycles. The van der Waals surface area contributed by atoms with Crippen LogP contribution in [0.4, 0.5) is 0 Å². The first kappa shape index (κ1) is 28.3. The van der Waals surface area contributed by atoms with Crippen LogP contribution < -0.4 is 0 Å². The van der Waals surface area contributed by atoms with Gasteiger partial charge < -0.3 is 19.0 Å². The molecule has 0 radical (unpaired) electrons. The van der Waals surface area contributed by atoms with Gasteiger partial charge in [0.2, 0.25) is 0 Å². The van der Waals surface area contributed by atoms with Crippen LogP contribution >= 0.6 is 0 Å². The van der Waals surface area contributed by atoms with Crippen molar-refractivity contribution in [3.05, 3.63) is 60.1 Å². The van der Waals surface area contributed by atoms with E-state index in [9.17, 15) is 19.8 Å². The van der Waals surface area contributed by atoms with Crippen LogP contribution in [0.15, 0.2) is 57.4 Å². The number of carboxylic acid groups (broad SMARTS) is 2. The van der Waals surface area contributed by atoms with Crippen molar-refractivity contribution in [3.8, 4) is 22.6 Å². The van der Waals surface area contributed by atoms with E-state index in [0.29, 0.717) is 24.4 Å². The fraction of sp³-hybridized carbons (Fsp3) is 0.484. The van der Waals surface area contributed by atoms with Gasteiger partial charge in [-0.15, -0.1) is 0 Å². The standard InChI is InChI=1S/C31H40O6/c1-30(2,3)19-10-14-24(28(32)33)27-18-17-26(37-27)23-13-7-6-12-22(23)25-16-15-21(36-25)11-8-9-20-31(4,5)29(34)35/h6-7,12-13,15-18,24H,8-11,14,19-20H2,1-5H3,(H,32,33)(H,34,35). The Kier molecular flexibility index (Phi) is 9.06. The topological polar surface area (TPSA) is 101 Å². The van der Waals surface area contributed by atoms with Gasteiger partial charge in [0.05, 0.1) is 5.41 Å². The molecule has 0 saturated carbocycles. The number of furan rings is 2. The van der Waals surface area contributed by atoms with Gasteiger partial charge in [0.1, 0.15) is 29.0 Å². The minimum absolute atomic E-state index is 0.160.